The summed E-state index contributed by atoms with van der Waals surface area (Å²) in [6.07, 6.45) is 15.4. The molecule has 0 aromatic heterocycles. The first kappa shape index (κ1) is 49.5. The van der Waals surface area contributed by atoms with Gasteiger partial charge in [-0.25, -0.2) is 0 Å². The molecule has 3 fully saturated rings. The summed E-state index contributed by atoms with van der Waals surface area (Å²) in [6.45, 7) is 25.8. The fraction of sp³-hybridized carbons (Fsp3) is 0.848. The Hall–Kier alpha value is -1.89. The Bertz CT molecular complexity index is 1340. The first-order valence-corrected chi connectivity index (χ1v) is 25.3. The van der Waals surface area contributed by atoms with Crippen LogP contribution < -0.4 is 10.6 Å². The molecular formula is C46H82N2O8Si. The number of nitrogens with one attached hydrogen (secondary N) is 2. The molecule has 11 heteroatoms. The summed E-state index contributed by atoms with van der Waals surface area (Å²) in [5, 5.41) is 16.1. The molecule has 0 radical (unpaired) electrons. The van der Waals surface area contributed by atoms with Crippen molar-refractivity contribution < 1.29 is 38.1 Å². The molecule has 10 nitrogen and oxygen atoms in total. The fourth-order valence-electron chi connectivity index (χ4n) is 8.19. The number of amides is 2. The lowest BCUT2D eigenvalue weighted by atomic mass is 9.85. The zero-order valence-electron chi connectivity index (χ0n) is 37.9. The van der Waals surface area contributed by atoms with Crippen LogP contribution in [0.2, 0.25) is 18.1 Å². The van der Waals surface area contributed by atoms with Crippen LogP contribution in [0.4, 0.5) is 0 Å². The van der Waals surface area contributed by atoms with Crippen LogP contribution in [0.1, 0.15) is 153 Å². The van der Waals surface area contributed by atoms with E-state index in [4.69, 9.17) is 18.6 Å². The number of rotatable bonds is 20. The quantitative estimate of drug-likeness (QED) is 0.0481. The monoisotopic (exact) mass is 819 g/mol. The molecule has 2 amide bonds. The second kappa shape index (κ2) is 22.6. The molecule has 3 heterocycles. The molecule has 0 aliphatic carbocycles. The van der Waals surface area contributed by atoms with Crippen LogP contribution in [-0.2, 0) is 33.0 Å². The number of aliphatic hydroxyl groups excluding tert-OH is 1. The average Bonchev–Trinajstić information content (AvgIpc) is 3.13. The van der Waals surface area contributed by atoms with E-state index in [1.165, 1.54) is 0 Å². The maximum atomic E-state index is 13.7. The van der Waals surface area contributed by atoms with Gasteiger partial charge in [0.1, 0.15) is 0 Å². The highest BCUT2D eigenvalue weighted by Gasteiger charge is 2.45. The smallest absolute Gasteiger partial charge is 0.225 e. The Morgan fingerprint density at radius 1 is 0.930 bits per heavy atom. The third kappa shape index (κ3) is 15.9. The maximum Gasteiger partial charge on any atom is 0.225 e. The molecule has 0 bridgehead atoms. The van der Waals surface area contributed by atoms with Crippen LogP contribution >= 0.6 is 0 Å². The van der Waals surface area contributed by atoms with Gasteiger partial charge in [0.05, 0.1) is 49.0 Å². The molecule has 3 rings (SSSR count). The minimum atomic E-state index is -2.28. The molecule has 0 aromatic carbocycles. The van der Waals surface area contributed by atoms with Crippen LogP contribution in [0, 0.1) is 23.7 Å². The van der Waals surface area contributed by atoms with E-state index in [2.05, 4.69) is 71.3 Å². The molecule has 0 unspecified atom stereocenters. The Morgan fingerprint density at radius 2 is 1.63 bits per heavy atom. The second-order valence-corrected chi connectivity index (χ2v) is 24.3. The molecule has 328 valence electrons. The highest BCUT2D eigenvalue weighted by Crippen LogP contribution is 2.43. The number of allylic oxidation sites excluding steroid dienone is 3. The third-order valence-electron chi connectivity index (χ3n) is 13.4. The van der Waals surface area contributed by atoms with Gasteiger partial charge in [-0.05, 0) is 126 Å². The van der Waals surface area contributed by atoms with Gasteiger partial charge in [-0.15, -0.1) is 0 Å². The summed E-state index contributed by atoms with van der Waals surface area (Å²) in [7, 11) is -2.28. The van der Waals surface area contributed by atoms with Crippen molar-refractivity contribution in [3.63, 3.8) is 0 Å². The van der Waals surface area contributed by atoms with Gasteiger partial charge in [-0.2, -0.15) is 0 Å². The SMILES string of the molecule is C/C=C/C(=O)C[C@@H]1CC[C@H](C)[C@@H](CC(=O)NC[C@@H](O[Si](C)(C)C(C)(C)C)[C@H](C)C(=O)NCCC[C@H]2O[C@@]3(CCC[C@@H](CC[C@H](C)/C=C(\C)[C@H](C)O)O3)CC[C@@H]2C)O1. The Morgan fingerprint density at radius 3 is 2.30 bits per heavy atom. The van der Waals surface area contributed by atoms with Crippen molar-refractivity contribution in [2.45, 2.75) is 213 Å². The molecule has 3 saturated heterocycles. The minimum Gasteiger partial charge on any atom is -0.411 e. The molecule has 3 N–H and O–H groups in total. The summed E-state index contributed by atoms with van der Waals surface area (Å²) < 4.78 is 26.6. The number of carbonyl (C=O) groups is 3. The van der Waals surface area contributed by atoms with Crippen molar-refractivity contribution in [3.05, 3.63) is 23.8 Å². The number of carbonyl (C=O) groups excluding carboxylic acids is 3. The Labute approximate surface area is 347 Å². The van der Waals surface area contributed by atoms with Crippen molar-refractivity contribution in [2.75, 3.05) is 13.1 Å². The van der Waals surface area contributed by atoms with Crippen LogP contribution in [0.25, 0.3) is 0 Å². The predicted molar refractivity (Wildman–Crippen MR) is 231 cm³/mol. The molecule has 3 aliphatic rings. The lowest BCUT2D eigenvalue weighted by Gasteiger charge is -2.48. The Balaban J connectivity index is 1.53. The summed E-state index contributed by atoms with van der Waals surface area (Å²) in [5.41, 5.74) is 1.02. The van der Waals surface area contributed by atoms with E-state index in [0.717, 1.165) is 76.2 Å². The summed E-state index contributed by atoms with van der Waals surface area (Å²) in [4.78, 5) is 39.2. The number of hydrogen-bond acceptors (Lipinski definition) is 8. The molecule has 57 heavy (non-hydrogen) atoms. The van der Waals surface area contributed by atoms with Gasteiger partial charge in [0.15, 0.2) is 19.9 Å². The summed E-state index contributed by atoms with van der Waals surface area (Å²) in [5.74, 6) is -0.138. The van der Waals surface area contributed by atoms with Crippen molar-refractivity contribution in [2.24, 2.45) is 23.7 Å². The van der Waals surface area contributed by atoms with E-state index in [9.17, 15) is 19.5 Å². The average molecular weight is 819 g/mol. The molecule has 0 aromatic rings. The molecule has 3 aliphatic heterocycles. The van der Waals surface area contributed by atoms with E-state index < -0.39 is 32.2 Å². The van der Waals surface area contributed by atoms with Crippen LogP contribution in [-0.4, -0.2) is 86.5 Å². The van der Waals surface area contributed by atoms with Gasteiger partial charge in [-0.1, -0.05) is 60.6 Å². The normalized spacial score (nSPS) is 29.8. The second-order valence-electron chi connectivity index (χ2n) is 19.5. The lowest BCUT2D eigenvalue weighted by molar-refractivity contribution is -0.324. The zero-order valence-corrected chi connectivity index (χ0v) is 38.9. The van der Waals surface area contributed by atoms with Gasteiger partial charge in [0.2, 0.25) is 11.8 Å². The van der Waals surface area contributed by atoms with Gasteiger partial charge < -0.3 is 34.4 Å². The molecule has 0 saturated carbocycles. The van der Waals surface area contributed by atoms with Crippen LogP contribution in [0.5, 0.6) is 0 Å². The summed E-state index contributed by atoms with van der Waals surface area (Å²) >= 11 is 0. The van der Waals surface area contributed by atoms with E-state index in [0.29, 0.717) is 24.8 Å². The first-order chi connectivity index (χ1) is 26.6. The van der Waals surface area contributed by atoms with Crippen molar-refractivity contribution in [1.29, 1.82) is 0 Å². The van der Waals surface area contributed by atoms with E-state index in [1.807, 2.05) is 27.7 Å². The zero-order chi connectivity index (χ0) is 42.6. The number of aliphatic hydroxyl groups is 1. The third-order valence-corrected chi connectivity index (χ3v) is 17.9. The predicted octanol–water partition coefficient (Wildman–Crippen LogP) is 8.96. The van der Waals surface area contributed by atoms with Gasteiger partial charge in [-0.3, -0.25) is 14.4 Å². The van der Waals surface area contributed by atoms with Crippen LogP contribution in [0.3, 0.4) is 0 Å². The van der Waals surface area contributed by atoms with E-state index in [-0.39, 0.29) is 65.9 Å². The largest absolute Gasteiger partial charge is 0.411 e. The highest BCUT2D eigenvalue weighted by atomic mass is 28.4. The number of hydrogen-bond donors (Lipinski definition) is 3. The number of ether oxygens (including phenoxy) is 3. The van der Waals surface area contributed by atoms with Crippen molar-refractivity contribution in [1.82, 2.24) is 10.6 Å². The van der Waals surface area contributed by atoms with Gasteiger partial charge >= 0.3 is 0 Å². The molecular weight excluding hydrogens is 737 g/mol. The van der Waals surface area contributed by atoms with E-state index >= 15 is 0 Å². The topological polar surface area (TPSA) is 132 Å². The van der Waals surface area contributed by atoms with Crippen molar-refractivity contribution in [3.8, 4) is 0 Å². The maximum absolute atomic E-state index is 13.7. The molecule has 11 atom stereocenters. The first-order valence-electron chi connectivity index (χ1n) is 22.4. The minimum absolute atomic E-state index is 0.0432. The van der Waals surface area contributed by atoms with Crippen LogP contribution in [0.15, 0.2) is 23.8 Å². The summed E-state index contributed by atoms with van der Waals surface area (Å²) in [6, 6.07) is 0. The van der Waals surface area contributed by atoms with Crippen molar-refractivity contribution >= 4 is 25.9 Å². The molecule has 1 spiro atoms. The van der Waals surface area contributed by atoms with E-state index in [1.54, 1.807) is 12.2 Å². The lowest BCUT2D eigenvalue weighted by Crippen LogP contribution is -2.52. The Kier molecular flexibility index (Phi) is 19.6. The fourth-order valence-corrected chi connectivity index (χ4v) is 9.59. The highest BCUT2D eigenvalue weighted by molar-refractivity contribution is 6.74. The van der Waals surface area contributed by atoms with Gasteiger partial charge in [0, 0.05) is 32.4 Å². The standard InChI is InChI=1S/C46H82N2O8Si/c1-13-16-37(50)28-39-22-20-32(3)41(53-39)29-43(51)48-30-42(56-57(11,12)45(8,9)10)35(6)44(52)47-26-15-18-40-33(4)23-25-46(55-40)24-14-17-38(54-46)21-19-31(2)27-34(5)36(7)49/h13,16,27,31-33,35-36,38-42,49H,14-15,17-26,28-30H2,1-12H3,(H,47,52)(H,48,51)/b16-13+,34-27+/t31-,32-,33-,35-,36-,38-,39-,40+,41+,42+,46-/m0/s1. The van der Waals surface area contributed by atoms with Gasteiger partial charge in [0.25, 0.3) is 0 Å². The number of ketones is 1.